The third-order valence-corrected chi connectivity index (χ3v) is 3.01. The summed E-state index contributed by atoms with van der Waals surface area (Å²) in [7, 11) is 0. The summed E-state index contributed by atoms with van der Waals surface area (Å²) in [5, 5.41) is 12.7. The topological polar surface area (TPSA) is 62.2 Å². The van der Waals surface area contributed by atoms with Gasteiger partial charge in [0.2, 0.25) is 0 Å². The van der Waals surface area contributed by atoms with Crippen LogP contribution in [0.3, 0.4) is 0 Å². The van der Waals surface area contributed by atoms with Gasteiger partial charge >= 0.3 is 0 Å². The third kappa shape index (κ3) is 2.91. The van der Waals surface area contributed by atoms with Gasteiger partial charge in [-0.15, -0.1) is 0 Å². The lowest BCUT2D eigenvalue weighted by molar-refractivity contribution is 0.0937. The van der Waals surface area contributed by atoms with E-state index in [9.17, 15) is 9.90 Å². The fourth-order valence-electron chi connectivity index (χ4n) is 1.83. The van der Waals surface area contributed by atoms with Gasteiger partial charge in [-0.05, 0) is 37.1 Å². The van der Waals surface area contributed by atoms with Crippen LogP contribution in [-0.2, 0) is 0 Å². The summed E-state index contributed by atoms with van der Waals surface area (Å²) in [4.78, 5) is 16.1. The maximum atomic E-state index is 12.1. The number of phenols is 1. The highest BCUT2D eigenvalue weighted by Gasteiger charge is 2.15. The zero-order valence-electron chi connectivity index (χ0n) is 10.9. The Morgan fingerprint density at radius 2 is 2.11 bits per heavy atom. The van der Waals surface area contributed by atoms with E-state index in [1.165, 1.54) is 0 Å². The largest absolute Gasteiger partial charge is 0.507 e. The Morgan fingerprint density at radius 3 is 2.79 bits per heavy atom. The second-order valence-corrected chi connectivity index (χ2v) is 4.45. The highest BCUT2D eigenvalue weighted by Crippen LogP contribution is 2.22. The molecule has 4 heteroatoms. The van der Waals surface area contributed by atoms with Crippen LogP contribution in [-0.4, -0.2) is 16.0 Å². The van der Waals surface area contributed by atoms with Crippen LogP contribution in [0.4, 0.5) is 0 Å². The minimum Gasteiger partial charge on any atom is -0.507 e. The summed E-state index contributed by atoms with van der Waals surface area (Å²) in [5.41, 5.74) is 1.89. The highest BCUT2D eigenvalue weighted by molar-refractivity contribution is 5.97. The van der Waals surface area contributed by atoms with Crippen LogP contribution < -0.4 is 5.32 Å². The number of carbonyl (C=O) groups is 1. The molecule has 2 N–H and O–H groups in total. The van der Waals surface area contributed by atoms with E-state index >= 15 is 0 Å². The number of para-hydroxylation sites is 1. The van der Waals surface area contributed by atoms with Crippen molar-refractivity contribution >= 4 is 5.91 Å². The number of phenolic OH excluding ortho intramolecular Hbond substituents is 1. The summed E-state index contributed by atoms with van der Waals surface area (Å²) in [5.74, 6) is -0.268. The zero-order valence-corrected chi connectivity index (χ0v) is 10.9. The summed E-state index contributed by atoms with van der Waals surface area (Å²) < 4.78 is 0. The first-order chi connectivity index (χ1) is 9.09. The molecule has 2 rings (SSSR count). The summed E-state index contributed by atoms with van der Waals surface area (Å²) in [6.07, 6.45) is 3.39. The number of nitrogens with one attached hydrogen (secondary N) is 1. The molecule has 1 atom stereocenters. The number of amides is 1. The molecule has 0 spiro atoms. The summed E-state index contributed by atoms with van der Waals surface area (Å²) in [6, 6.07) is 8.67. The Bertz CT molecular complexity index is 582. The molecule has 1 aromatic heterocycles. The molecular weight excluding hydrogens is 240 g/mol. The first-order valence-corrected chi connectivity index (χ1v) is 6.09. The number of carbonyl (C=O) groups excluding carboxylic acids is 1. The molecule has 2 aromatic rings. The van der Waals surface area contributed by atoms with Crippen molar-refractivity contribution in [3.8, 4) is 5.75 Å². The predicted octanol–water partition coefficient (Wildman–Crippen LogP) is 2.59. The quantitative estimate of drug-likeness (QED) is 0.887. The predicted molar refractivity (Wildman–Crippen MR) is 73.0 cm³/mol. The Balaban J connectivity index is 2.16. The maximum Gasteiger partial charge on any atom is 0.255 e. The molecule has 0 radical (unpaired) electrons. The Labute approximate surface area is 112 Å². The van der Waals surface area contributed by atoms with Crippen molar-refractivity contribution < 1.29 is 9.90 Å². The van der Waals surface area contributed by atoms with Crippen LogP contribution in [0.5, 0.6) is 5.75 Å². The number of nitrogens with zero attached hydrogens (tertiary/aromatic N) is 1. The highest BCUT2D eigenvalue weighted by atomic mass is 16.3. The maximum absolute atomic E-state index is 12.1. The lowest BCUT2D eigenvalue weighted by atomic mass is 10.1. The van der Waals surface area contributed by atoms with Gasteiger partial charge in [-0.2, -0.15) is 0 Å². The van der Waals surface area contributed by atoms with E-state index in [1.54, 1.807) is 37.5 Å². The number of aryl methyl sites for hydroxylation is 1. The van der Waals surface area contributed by atoms with Gasteiger partial charge in [-0.3, -0.25) is 9.78 Å². The van der Waals surface area contributed by atoms with Crippen molar-refractivity contribution in [2.45, 2.75) is 19.9 Å². The number of aromatic nitrogens is 1. The molecule has 1 heterocycles. The molecular formula is C15H16N2O2. The number of hydrogen-bond donors (Lipinski definition) is 2. The van der Waals surface area contributed by atoms with Crippen LogP contribution in [0, 0.1) is 6.92 Å². The molecule has 0 saturated heterocycles. The van der Waals surface area contributed by atoms with Gasteiger partial charge < -0.3 is 10.4 Å². The molecule has 0 saturated carbocycles. The van der Waals surface area contributed by atoms with Crippen molar-refractivity contribution in [2.75, 3.05) is 0 Å². The molecule has 0 bridgehead atoms. The normalized spacial score (nSPS) is 11.9. The van der Waals surface area contributed by atoms with Gasteiger partial charge in [-0.1, -0.05) is 18.2 Å². The molecule has 0 aliphatic heterocycles. The number of benzene rings is 1. The van der Waals surface area contributed by atoms with E-state index in [0.717, 1.165) is 5.56 Å². The second-order valence-electron chi connectivity index (χ2n) is 4.45. The lowest BCUT2D eigenvalue weighted by Crippen LogP contribution is -2.26. The van der Waals surface area contributed by atoms with Crippen molar-refractivity contribution in [3.63, 3.8) is 0 Å². The molecule has 0 aliphatic rings. The molecule has 98 valence electrons. The van der Waals surface area contributed by atoms with Crippen LogP contribution in [0.2, 0.25) is 0 Å². The Kier molecular flexibility index (Phi) is 3.80. The van der Waals surface area contributed by atoms with Gasteiger partial charge in [0.15, 0.2) is 0 Å². The van der Waals surface area contributed by atoms with E-state index in [1.807, 2.05) is 19.1 Å². The molecule has 1 unspecified atom stereocenters. The SMILES string of the molecule is Cc1cccc(C(=O)NC(C)c2cccnc2)c1O. The Hall–Kier alpha value is -2.36. The smallest absolute Gasteiger partial charge is 0.255 e. The molecule has 0 fully saturated rings. The number of pyridine rings is 1. The van der Waals surface area contributed by atoms with Crippen LogP contribution >= 0.6 is 0 Å². The molecule has 1 aromatic carbocycles. The standard InChI is InChI=1S/C15H16N2O2/c1-10-5-3-7-13(14(10)18)15(19)17-11(2)12-6-4-8-16-9-12/h3-9,11,18H,1-2H3,(H,17,19). The second kappa shape index (κ2) is 5.52. The minimum absolute atomic E-state index is 0.0263. The van der Waals surface area contributed by atoms with E-state index in [-0.39, 0.29) is 23.3 Å². The fourth-order valence-corrected chi connectivity index (χ4v) is 1.83. The van der Waals surface area contributed by atoms with Gasteiger partial charge in [0.05, 0.1) is 11.6 Å². The lowest BCUT2D eigenvalue weighted by Gasteiger charge is -2.14. The molecule has 4 nitrogen and oxygen atoms in total. The monoisotopic (exact) mass is 256 g/mol. The van der Waals surface area contributed by atoms with Gasteiger partial charge in [-0.25, -0.2) is 0 Å². The number of aromatic hydroxyl groups is 1. The average molecular weight is 256 g/mol. The van der Waals surface area contributed by atoms with Crippen molar-refractivity contribution in [2.24, 2.45) is 0 Å². The minimum atomic E-state index is -0.294. The summed E-state index contributed by atoms with van der Waals surface area (Å²) in [6.45, 7) is 3.64. The van der Waals surface area contributed by atoms with Gasteiger partial charge in [0.25, 0.3) is 5.91 Å². The molecule has 0 aliphatic carbocycles. The fraction of sp³-hybridized carbons (Fsp3) is 0.200. The van der Waals surface area contributed by atoms with E-state index < -0.39 is 0 Å². The van der Waals surface area contributed by atoms with Gasteiger partial charge in [0.1, 0.15) is 5.75 Å². The van der Waals surface area contributed by atoms with Gasteiger partial charge in [0, 0.05) is 12.4 Å². The number of rotatable bonds is 3. The van der Waals surface area contributed by atoms with E-state index in [4.69, 9.17) is 0 Å². The van der Waals surface area contributed by atoms with Crippen molar-refractivity contribution in [1.29, 1.82) is 0 Å². The summed E-state index contributed by atoms with van der Waals surface area (Å²) >= 11 is 0. The van der Waals surface area contributed by atoms with Crippen molar-refractivity contribution in [3.05, 3.63) is 59.4 Å². The van der Waals surface area contributed by atoms with Crippen molar-refractivity contribution in [1.82, 2.24) is 10.3 Å². The first kappa shape index (κ1) is 13.1. The molecule has 19 heavy (non-hydrogen) atoms. The van der Waals surface area contributed by atoms with E-state index in [0.29, 0.717) is 5.56 Å². The zero-order chi connectivity index (χ0) is 13.8. The van der Waals surface area contributed by atoms with Crippen LogP contribution in [0.1, 0.15) is 34.5 Å². The molecule has 1 amide bonds. The van der Waals surface area contributed by atoms with Crippen LogP contribution in [0.15, 0.2) is 42.7 Å². The van der Waals surface area contributed by atoms with E-state index in [2.05, 4.69) is 10.3 Å². The average Bonchev–Trinajstić information content (AvgIpc) is 2.42. The number of hydrogen-bond acceptors (Lipinski definition) is 3. The third-order valence-electron chi connectivity index (χ3n) is 3.01. The Morgan fingerprint density at radius 1 is 1.32 bits per heavy atom. The first-order valence-electron chi connectivity index (χ1n) is 6.09. The van der Waals surface area contributed by atoms with Crippen LogP contribution in [0.25, 0.3) is 0 Å².